The third-order valence-corrected chi connectivity index (χ3v) is 6.86. The van der Waals surface area contributed by atoms with Crippen LogP contribution in [0, 0.1) is 11.8 Å². The lowest BCUT2D eigenvalue weighted by atomic mass is 10.0. The molecule has 3 N–H and O–H groups in total. The van der Waals surface area contributed by atoms with Gasteiger partial charge in [-0.05, 0) is 37.9 Å². The van der Waals surface area contributed by atoms with Crippen LogP contribution in [0.25, 0.3) is 0 Å². The van der Waals surface area contributed by atoms with E-state index in [9.17, 15) is 4.79 Å². The van der Waals surface area contributed by atoms with Crippen molar-refractivity contribution in [2.75, 3.05) is 36.5 Å². The number of nitrogens with one attached hydrogen (secondary N) is 1. The summed E-state index contributed by atoms with van der Waals surface area (Å²) in [4.78, 5) is 16.4. The summed E-state index contributed by atoms with van der Waals surface area (Å²) < 4.78 is 0. The van der Waals surface area contributed by atoms with Gasteiger partial charge >= 0.3 is 0 Å². The van der Waals surface area contributed by atoms with Crippen LogP contribution in [0.15, 0.2) is 4.90 Å². The fourth-order valence-corrected chi connectivity index (χ4v) is 5.75. The second-order valence-corrected chi connectivity index (χ2v) is 7.71. The molecule has 1 aliphatic heterocycles. The second-order valence-electron chi connectivity index (χ2n) is 5.90. The average Bonchev–Trinajstić information content (AvgIpc) is 3.10. The predicted molar refractivity (Wildman–Crippen MR) is 91.6 cm³/mol. The van der Waals surface area contributed by atoms with Crippen LogP contribution < -0.4 is 16.0 Å². The standard InChI is InChI=1S/C15H23N3OS2/c1-3-17-14(19)12-11(16)13(20-2)15(21-12)18-7-9-5-4-6-10(9)8-18/h9-10H,3-8,16H2,1-2H3,(H,17,19). The van der Waals surface area contributed by atoms with Crippen molar-refractivity contribution in [3.05, 3.63) is 4.88 Å². The number of thioether (sulfide) groups is 1. The summed E-state index contributed by atoms with van der Waals surface area (Å²) in [5.41, 5.74) is 6.89. The van der Waals surface area contributed by atoms with Crippen molar-refractivity contribution in [2.45, 2.75) is 31.1 Å². The first-order valence-electron chi connectivity index (χ1n) is 7.65. The first-order valence-corrected chi connectivity index (χ1v) is 9.69. The van der Waals surface area contributed by atoms with Crippen LogP contribution in [0.5, 0.6) is 0 Å². The molecule has 2 heterocycles. The Kier molecular flexibility index (Phi) is 4.36. The van der Waals surface area contributed by atoms with E-state index in [1.807, 2.05) is 13.2 Å². The van der Waals surface area contributed by atoms with E-state index in [0.29, 0.717) is 17.1 Å². The van der Waals surface area contributed by atoms with E-state index in [1.54, 1.807) is 23.1 Å². The number of thiophene rings is 1. The number of amides is 1. The van der Waals surface area contributed by atoms with Gasteiger partial charge in [-0.1, -0.05) is 6.42 Å². The number of anilines is 2. The topological polar surface area (TPSA) is 58.4 Å². The van der Waals surface area contributed by atoms with Gasteiger partial charge in [-0.2, -0.15) is 0 Å². The molecule has 21 heavy (non-hydrogen) atoms. The molecule has 1 aromatic rings. The Labute approximate surface area is 134 Å². The largest absolute Gasteiger partial charge is 0.396 e. The predicted octanol–water partition coefficient (Wildman–Crippen LogP) is 3.04. The number of hydrogen-bond donors (Lipinski definition) is 2. The van der Waals surface area contributed by atoms with E-state index in [4.69, 9.17) is 5.73 Å². The molecule has 2 aliphatic rings. The molecule has 1 aliphatic carbocycles. The normalized spacial score (nSPS) is 24.4. The number of rotatable bonds is 4. The summed E-state index contributed by atoms with van der Waals surface area (Å²) in [5, 5.41) is 4.07. The monoisotopic (exact) mass is 325 g/mol. The highest BCUT2D eigenvalue weighted by molar-refractivity contribution is 7.99. The summed E-state index contributed by atoms with van der Waals surface area (Å²) in [6.07, 6.45) is 6.15. The van der Waals surface area contributed by atoms with Crippen molar-refractivity contribution in [3.63, 3.8) is 0 Å². The summed E-state index contributed by atoms with van der Waals surface area (Å²) in [6, 6.07) is 0. The SMILES string of the molecule is CCNC(=O)c1sc(N2CC3CCCC3C2)c(SC)c1N. The van der Waals surface area contributed by atoms with Crippen molar-refractivity contribution in [3.8, 4) is 0 Å². The van der Waals surface area contributed by atoms with Gasteiger partial charge in [0.05, 0.1) is 10.6 Å². The summed E-state index contributed by atoms with van der Waals surface area (Å²) >= 11 is 3.22. The number of nitrogens with zero attached hydrogens (tertiary/aromatic N) is 1. The van der Waals surface area contributed by atoms with Crippen molar-refractivity contribution >= 4 is 39.7 Å². The Balaban J connectivity index is 1.88. The zero-order chi connectivity index (χ0) is 15.0. The Bertz CT molecular complexity index is 531. The molecule has 6 heteroatoms. The molecule has 1 amide bonds. The molecule has 0 radical (unpaired) electrons. The summed E-state index contributed by atoms with van der Waals surface area (Å²) in [5.74, 6) is 1.65. The van der Waals surface area contributed by atoms with E-state index >= 15 is 0 Å². The molecule has 2 fully saturated rings. The Hall–Kier alpha value is -0.880. The van der Waals surface area contributed by atoms with Crippen molar-refractivity contribution in [1.29, 1.82) is 0 Å². The first-order chi connectivity index (χ1) is 10.2. The zero-order valence-corrected chi connectivity index (χ0v) is 14.3. The maximum Gasteiger partial charge on any atom is 0.263 e. The fourth-order valence-electron chi connectivity index (χ4n) is 3.63. The number of nitrogen functional groups attached to an aromatic ring is 1. The molecular formula is C15H23N3OS2. The second kappa shape index (κ2) is 6.08. The quantitative estimate of drug-likeness (QED) is 0.836. The summed E-state index contributed by atoms with van der Waals surface area (Å²) in [6.45, 7) is 4.83. The molecule has 3 rings (SSSR count). The zero-order valence-electron chi connectivity index (χ0n) is 12.6. The van der Waals surface area contributed by atoms with Gasteiger partial charge in [0.2, 0.25) is 0 Å². The third-order valence-electron chi connectivity index (χ3n) is 4.64. The van der Waals surface area contributed by atoms with E-state index in [0.717, 1.165) is 29.8 Å². The lowest BCUT2D eigenvalue weighted by Gasteiger charge is -2.19. The molecule has 1 saturated heterocycles. The van der Waals surface area contributed by atoms with Crippen molar-refractivity contribution < 1.29 is 4.79 Å². The van der Waals surface area contributed by atoms with Crippen LogP contribution in [0.1, 0.15) is 35.9 Å². The maximum atomic E-state index is 12.1. The van der Waals surface area contributed by atoms with Gasteiger partial charge in [0, 0.05) is 19.6 Å². The Morgan fingerprint density at radius 1 is 1.43 bits per heavy atom. The Morgan fingerprint density at radius 3 is 2.67 bits per heavy atom. The molecule has 2 atom stereocenters. The van der Waals surface area contributed by atoms with Crippen LogP contribution in [0.3, 0.4) is 0 Å². The van der Waals surface area contributed by atoms with Crippen LogP contribution in [-0.4, -0.2) is 31.8 Å². The van der Waals surface area contributed by atoms with Gasteiger partial charge in [-0.25, -0.2) is 0 Å². The average molecular weight is 326 g/mol. The minimum atomic E-state index is -0.0408. The minimum absolute atomic E-state index is 0.0408. The molecule has 1 saturated carbocycles. The maximum absolute atomic E-state index is 12.1. The highest BCUT2D eigenvalue weighted by atomic mass is 32.2. The van der Waals surface area contributed by atoms with E-state index in [-0.39, 0.29) is 5.91 Å². The van der Waals surface area contributed by atoms with Crippen LogP contribution in [-0.2, 0) is 0 Å². The lowest BCUT2D eigenvalue weighted by Crippen LogP contribution is -2.22. The van der Waals surface area contributed by atoms with Crippen LogP contribution in [0.2, 0.25) is 0 Å². The van der Waals surface area contributed by atoms with E-state index in [1.165, 1.54) is 24.3 Å². The number of carbonyl (C=O) groups is 1. The lowest BCUT2D eigenvalue weighted by molar-refractivity contribution is 0.0960. The van der Waals surface area contributed by atoms with Crippen LogP contribution in [0.4, 0.5) is 10.7 Å². The summed E-state index contributed by atoms with van der Waals surface area (Å²) in [7, 11) is 0. The smallest absolute Gasteiger partial charge is 0.263 e. The molecule has 0 aromatic carbocycles. The number of carbonyl (C=O) groups excluding carboxylic acids is 1. The van der Waals surface area contributed by atoms with E-state index in [2.05, 4.69) is 10.2 Å². The minimum Gasteiger partial charge on any atom is -0.396 e. The molecule has 2 unspecified atom stereocenters. The number of nitrogens with two attached hydrogens (primary N) is 1. The fraction of sp³-hybridized carbons (Fsp3) is 0.667. The number of fused-ring (bicyclic) bond motifs is 1. The van der Waals surface area contributed by atoms with Gasteiger partial charge in [0.1, 0.15) is 9.88 Å². The Morgan fingerprint density at radius 2 is 2.10 bits per heavy atom. The van der Waals surface area contributed by atoms with Gasteiger partial charge in [-0.15, -0.1) is 23.1 Å². The molecule has 1 aromatic heterocycles. The molecule has 0 bridgehead atoms. The number of hydrogen-bond acceptors (Lipinski definition) is 5. The van der Waals surface area contributed by atoms with Gasteiger partial charge in [-0.3, -0.25) is 4.79 Å². The van der Waals surface area contributed by atoms with Crippen LogP contribution >= 0.6 is 23.1 Å². The van der Waals surface area contributed by atoms with Crippen molar-refractivity contribution in [2.24, 2.45) is 11.8 Å². The molecule has 116 valence electrons. The van der Waals surface area contributed by atoms with Gasteiger partial charge in [0.25, 0.3) is 5.91 Å². The molecular weight excluding hydrogens is 302 g/mol. The first kappa shape index (κ1) is 15.0. The van der Waals surface area contributed by atoms with Gasteiger partial charge in [0.15, 0.2) is 0 Å². The van der Waals surface area contributed by atoms with E-state index < -0.39 is 0 Å². The highest BCUT2D eigenvalue weighted by Crippen LogP contribution is 2.48. The highest BCUT2D eigenvalue weighted by Gasteiger charge is 2.38. The molecule has 4 nitrogen and oxygen atoms in total. The van der Waals surface area contributed by atoms with Crippen molar-refractivity contribution in [1.82, 2.24) is 5.32 Å². The van der Waals surface area contributed by atoms with Gasteiger partial charge < -0.3 is 16.0 Å². The third kappa shape index (κ3) is 2.63. The molecule has 0 spiro atoms.